The van der Waals surface area contributed by atoms with Gasteiger partial charge in [0.15, 0.2) is 0 Å². The van der Waals surface area contributed by atoms with Crippen molar-refractivity contribution < 1.29 is 14.3 Å². The summed E-state index contributed by atoms with van der Waals surface area (Å²) in [5, 5.41) is 3.25. The van der Waals surface area contributed by atoms with Gasteiger partial charge in [0, 0.05) is 26.4 Å². The zero-order valence-electron chi connectivity index (χ0n) is 11.4. The van der Waals surface area contributed by atoms with Gasteiger partial charge in [-0.15, -0.1) is 0 Å². The van der Waals surface area contributed by atoms with Crippen molar-refractivity contribution >= 4 is 17.5 Å². The summed E-state index contributed by atoms with van der Waals surface area (Å²) in [6.07, 6.45) is 0. The first-order chi connectivity index (χ1) is 9.04. The van der Waals surface area contributed by atoms with Crippen molar-refractivity contribution in [2.24, 2.45) is 5.92 Å². The van der Waals surface area contributed by atoms with Crippen molar-refractivity contribution in [2.45, 2.75) is 6.92 Å². The first-order valence-corrected chi connectivity index (χ1v) is 6.24. The average Bonchev–Trinajstić information content (AvgIpc) is 2.62. The Labute approximate surface area is 112 Å². The Kier molecular flexibility index (Phi) is 3.85. The number of hydrogen-bond donors (Lipinski definition) is 1. The molecule has 0 fully saturated rings. The monoisotopic (exact) mass is 262 g/mol. The normalized spacial score (nSPS) is 15.6. The molecule has 0 aromatic heterocycles. The van der Waals surface area contributed by atoms with Gasteiger partial charge in [0.05, 0.1) is 17.7 Å². The maximum atomic E-state index is 11.9. The molecule has 19 heavy (non-hydrogen) atoms. The molecule has 0 radical (unpaired) electrons. The van der Waals surface area contributed by atoms with E-state index in [9.17, 15) is 9.59 Å². The van der Waals surface area contributed by atoms with E-state index in [0.717, 1.165) is 17.1 Å². The van der Waals surface area contributed by atoms with Crippen LogP contribution in [-0.2, 0) is 4.74 Å². The van der Waals surface area contributed by atoms with Crippen LogP contribution in [0.4, 0.5) is 5.69 Å². The Bertz CT molecular complexity index is 513. The van der Waals surface area contributed by atoms with E-state index >= 15 is 0 Å². The molecule has 1 unspecified atom stereocenters. The predicted molar refractivity (Wildman–Crippen MR) is 72.4 cm³/mol. The lowest BCUT2D eigenvalue weighted by molar-refractivity contribution is 0.0693. The molecule has 0 spiro atoms. The van der Waals surface area contributed by atoms with Crippen LogP contribution in [0.5, 0.6) is 0 Å². The Morgan fingerprint density at radius 2 is 1.95 bits per heavy atom. The van der Waals surface area contributed by atoms with Crippen molar-refractivity contribution in [1.82, 2.24) is 4.90 Å². The molecule has 2 rings (SSSR count). The van der Waals surface area contributed by atoms with Gasteiger partial charge in [0.2, 0.25) is 0 Å². The lowest BCUT2D eigenvalue weighted by Crippen LogP contribution is -2.24. The van der Waals surface area contributed by atoms with E-state index < -0.39 is 0 Å². The second-order valence-electron chi connectivity index (χ2n) is 4.87. The lowest BCUT2D eigenvalue weighted by Gasteiger charge is -2.12. The molecule has 2 amide bonds. The summed E-state index contributed by atoms with van der Waals surface area (Å²) in [6, 6.07) is 5.25. The Hall–Kier alpha value is -1.88. The molecule has 0 bridgehead atoms. The number of nitrogens with one attached hydrogen (secondary N) is 1. The van der Waals surface area contributed by atoms with Gasteiger partial charge in [-0.1, -0.05) is 6.92 Å². The van der Waals surface area contributed by atoms with Gasteiger partial charge < -0.3 is 10.1 Å². The Morgan fingerprint density at radius 1 is 1.26 bits per heavy atom. The molecule has 0 saturated heterocycles. The third kappa shape index (κ3) is 2.61. The van der Waals surface area contributed by atoms with E-state index in [2.05, 4.69) is 12.2 Å². The molecule has 1 heterocycles. The SMILES string of the molecule is COCC(C)CNc1ccc2c(c1)C(=O)N(C)C2=O. The van der Waals surface area contributed by atoms with E-state index in [4.69, 9.17) is 4.74 Å². The van der Waals surface area contributed by atoms with Gasteiger partial charge in [-0.2, -0.15) is 0 Å². The van der Waals surface area contributed by atoms with Gasteiger partial charge >= 0.3 is 0 Å². The Morgan fingerprint density at radius 3 is 2.63 bits per heavy atom. The molecule has 5 nitrogen and oxygen atoms in total. The quantitative estimate of drug-likeness (QED) is 0.819. The van der Waals surface area contributed by atoms with E-state index in [1.807, 2.05) is 6.07 Å². The number of rotatable bonds is 5. The van der Waals surface area contributed by atoms with Gasteiger partial charge in [-0.25, -0.2) is 0 Å². The summed E-state index contributed by atoms with van der Waals surface area (Å²) >= 11 is 0. The Balaban J connectivity index is 2.10. The number of hydrogen-bond acceptors (Lipinski definition) is 4. The first-order valence-electron chi connectivity index (χ1n) is 6.24. The molecule has 5 heteroatoms. The lowest BCUT2D eigenvalue weighted by atomic mass is 10.1. The number of ether oxygens (including phenoxy) is 1. The highest BCUT2D eigenvalue weighted by atomic mass is 16.5. The minimum Gasteiger partial charge on any atom is -0.385 e. The summed E-state index contributed by atoms with van der Waals surface area (Å²) < 4.78 is 5.07. The van der Waals surface area contributed by atoms with Crippen LogP contribution in [0, 0.1) is 5.92 Å². The number of methoxy groups -OCH3 is 1. The second kappa shape index (κ2) is 5.40. The number of amides is 2. The number of imide groups is 1. The van der Waals surface area contributed by atoms with Crippen LogP contribution in [0.3, 0.4) is 0 Å². The maximum Gasteiger partial charge on any atom is 0.261 e. The topological polar surface area (TPSA) is 58.6 Å². The second-order valence-corrected chi connectivity index (χ2v) is 4.87. The largest absolute Gasteiger partial charge is 0.385 e. The van der Waals surface area contributed by atoms with Crippen LogP contribution >= 0.6 is 0 Å². The summed E-state index contributed by atoms with van der Waals surface area (Å²) in [7, 11) is 3.17. The fraction of sp³-hybridized carbons (Fsp3) is 0.429. The van der Waals surface area contributed by atoms with Crippen molar-refractivity contribution in [3.05, 3.63) is 29.3 Å². The van der Waals surface area contributed by atoms with E-state index in [-0.39, 0.29) is 11.8 Å². The number of benzene rings is 1. The zero-order valence-corrected chi connectivity index (χ0v) is 11.4. The third-order valence-corrected chi connectivity index (χ3v) is 3.20. The standard InChI is InChI=1S/C14H18N2O3/c1-9(8-19-3)7-15-10-4-5-11-12(6-10)14(18)16(2)13(11)17/h4-6,9,15H,7-8H2,1-3H3. The number of anilines is 1. The number of nitrogens with zero attached hydrogens (tertiary/aromatic N) is 1. The molecule has 0 aliphatic carbocycles. The van der Waals surface area contributed by atoms with Crippen LogP contribution in [0.15, 0.2) is 18.2 Å². The van der Waals surface area contributed by atoms with Crippen molar-refractivity contribution in [3.8, 4) is 0 Å². The maximum absolute atomic E-state index is 11.9. The number of carbonyl (C=O) groups excluding carboxylic acids is 2. The highest BCUT2D eigenvalue weighted by Crippen LogP contribution is 2.24. The van der Waals surface area contributed by atoms with Gasteiger partial charge in [0.25, 0.3) is 11.8 Å². The van der Waals surface area contributed by atoms with Gasteiger partial charge in [-0.05, 0) is 24.1 Å². The zero-order chi connectivity index (χ0) is 14.0. The van der Waals surface area contributed by atoms with E-state index in [0.29, 0.717) is 23.7 Å². The van der Waals surface area contributed by atoms with Crippen molar-refractivity contribution in [2.75, 3.05) is 32.6 Å². The molecular weight excluding hydrogens is 244 g/mol. The van der Waals surface area contributed by atoms with Crippen LogP contribution < -0.4 is 5.32 Å². The first kappa shape index (κ1) is 13.5. The molecule has 1 aromatic rings. The van der Waals surface area contributed by atoms with Gasteiger partial charge in [0.1, 0.15) is 0 Å². The summed E-state index contributed by atoms with van der Waals surface area (Å²) in [6.45, 7) is 3.51. The van der Waals surface area contributed by atoms with E-state index in [1.165, 1.54) is 7.05 Å². The molecular formula is C14H18N2O3. The molecule has 1 atom stereocenters. The number of fused-ring (bicyclic) bond motifs is 1. The minimum atomic E-state index is -0.242. The fourth-order valence-corrected chi connectivity index (χ4v) is 2.11. The van der Waals surface area contributed by atoms with Crippen LogP contribution in [0.25, 0.3) is 0 Å². The van der Waals surface area contributed by atoms with Crippen molar-refractivity contribution in [3.63, 3.8) is 0 Å². The molecule has 1 aliphatic rings. The minimum absolute atomic E-state index is 0.237. The molecule has 1 N–H and O–H groups in total. The smallest absolute Gasteiger partial charge is 0.261 e. The number of carbonyl (C=O) groups is 2. The molecule has 0 saturated carbocycles. The average molecular weight is 262 g/mol. The van der Waals surface area contributed by atoms with Crippen LogP contribution in [0.1, 0.15) is 27.6 Å². The van der Waals surface area contributed by atoms with Crippen LogP contribution in [-0.4, -0.2) is 44.0 Å². The van der Waals surface area contributed by atoms with Gasteiger partial charge in [-0.3, -0.25) is 14.5 Å². The predicted octanol–water partition coefficient (Wildman–Crippen LogP) is 1.61. The summed E-state index contributed by atoms with van der Waals surface area (Å²) in [5.74, 6) is -0.105. The molecule has 1 aliphatic heterocycles. The highest BCUT2D eigenvalue weighted by Gasteiger charge is 2.32. The molecule has 102 valence electrons. The third-order valence-electron chi connectivity index (χ3n) is 3.20. The fourth-order valence-electron chi connectivity index (χ4n) is 2.11. The highest BCUT2D eigenvalue weighted by molar-refractivity contribution is 6.21. The summed E-state index contributed by atoms with van der Waals surface area (Å²) in [4.78, 5) is 24.7. The van der Waals surface area contributed by atoms with Crippen molar-refractivity contribution in [1.29, 1.82) is 0 Å². The summed E-state index contributed by atoms with van der Waals surface area (Å²) in [5.41, 5.74) is 1.79. The molecule has 1 aromatic carbocycles. The van der Waals surface area contributed by atoms with Crippen LogP contribution in [0.2, 0.25) is 0 Å². The van der Waals surface area contributed by atoms with E-state index in [1.54, 1.807) is 19.2 Å².